The molecule has 1 aliphatic rings. The Bertz CT molecular complexity index is 307. The van der Waals surface area contributed by atoms with Crippen LogP contribution in [0.15, 0.2) is 12.4 Å². The van der Waals surface area contributed by atoms with Gasteiger partial charge in [-0.15, -0.1) is 0 Å². The van der Waals surface area contributed by atoms with Crippen molar-refractivity contribution in [2.75, 3.05) is 0 Å². The third-order valence-electron chi connectivity index (χ3n) is 2.26. The molecule has 2 rings (SSSR count). The Balaban J connectivity index is 2.58. The van der Waals surface area contributed by atoms with Gasteiger partial charge in [-0.25, -0.2) is 4.98 Å². The van der Waals surface area contributed by atoms with Crippen LogP contribution in [-0.2, 0) is 13.5 Å². The highest BCUT2D eigenvalue weighted by Crippen LogP contribution is 2.23. The first-order valence-electron chi connectivity index (χ1n) is 3.96. The molecule has 0 aliphatic heterocycles. The second kappa shape index (κ2) is 2.22. The normalized spacial score (nSPS) is 16.0. The Hall–Kier alpha value is -1.05. The first-order chi connectivity index (χ1) is 5.29. The fourth-order valence-electron chi connectivity index (χ4n) is 1.60. The molecule has 1 aromatic heterocycles. The zero-order valence-electron chi connectivity index (χ0n) is 6.96. The van der Waals surface area contributed by atoms with E-state index in [1.807, 2.05) is 6.33 Å². The minimum atomic E-state index is 1.14. The Morgan fingerprint density at radius 2 is 2.36 bits per heavy atom. The van der Waals surface area contributed by atoms with E-state index < -0.39 is 0 Å². The van der Waals surface area contributed by atoms with E-state index in [1.165, 1.54) is 23.4 Å². The summed E-state index contributed by atoms with van der Waals surface area (Å²) < 4.78 is 2.12. The molecule has 1 aliphatic carbocycles. The highest BCUT2D eigenvalue weighted by Gasteiger charge is 2.12. The number of hydrogen-bond donors (Lipinski definition) is 0. The van der Waals surface area contributed by atoms with Crippen LogP contribution >= 0.6 is 0 Å². The molecule has 0 unspecified atom stereocenters. The summed E-state index contributed by atoms with van der Waals surface area (Å²) in [5.74, 6) is 0. The molecular formula is C9H12N2. The molecule has 0 amide bonds. The van der Waals surface area contributed by atoms with Crippen molar-refractivity contribution >= 4 is 5.57 Å². The minimum absolute atomic E-state index is 1.14. The van der Waals surface area contributed by atoms with Gasteiger partial charge in [-0.05, 0) is 25.3 Å². The standard InChI is InChI=1S/C9H12N2/c1-7-4-3-5-8-9(7)10-6-11(8)2/h4,6H,3,5H2,1-2H3. The predicted molar refractivity (Wildman–Crippen MR) is 45.2 cm³/mol. The van der Waals surface area contributed by atoms with Crippen molar-refractivity contribution < 1.29 is 0 Å². The molecule has 0 N–H and O–H groups in total. The number of allylic oxidation sites excluding steroid dienone is 2. The van der Waals surface area contributed by atoms with E-state index in [0.717, 1.165) is 6.42 Å². The van der Waals surface area contributed by atoms with E-state index in [2.05, 4.69) is 29.6 Å². The summed E-state index contributed by atoms with van der Waals surface area (Å²) >= 11 is 0. The van der Waals surface area contributed by atoms with Gasteiger partial charge in [0.2, 0.25) is 0 Å². The van der Waals surface area contributed by atoms with Gasteiger partial charge in [0.1, 0.15) is 0 Å². The summed E-state index contributed by atoms with van der Waals surface area (Å²) in [6.07, 6.45) is 6.46. The Morgan fingerprint density at radius 3 is 3.09 bits per heavy atom. The average Bonchev–Trinajstić information content (AvgIpc) is 2.35. The number of fused-ring (bicyclic) bond motifs is 1. The van der Waals surface area contributed by atoms with Crippen LogP contribution in [0.5, 0.6) is 0 Å². The molecule has 2 heteroatoms. The van der Waals surface area contributed by atoms with Crippen LogP contribution in [0.4, 0.5) is 0 Å². The summed E-state index contributed by atoms with van der Waals surface area (Å²) in [5.41, 5.74) is 3.90. The maximum absolute atomic E-state index is 4.33. The fourth-order valence-corrected chi connectivity index (χ4v) is 1.60. The molecule has 1 heterocycles. The van der Waals surface area contributed by atoms with Crippen molar-refractivity contribution in [3.05, 3.63) is 23.8 Å². The number of hydrogen-bond acceptors (Lipinski definition) is 1. The molecule has 0 saturated heterocycles. The predicted octanol–water partition coefficient (Wildman–Crippen LogP) is 1.77. The third kappa shape index (κ3) is 0.897. The molecule has 0 aromatic carbocycles. The van der Waals surface area contributed by atoms with Gasteiger partial charge >= 0.3 is 0 Å². The van der Waals surface area contributed by atoms with Gasteiger partial charge in [-0.3, -0.25) is 0 Å². The Morgan fingerprint density at radius 1 is 1.55 bits per heavy atom. The molecule has 0 fully saturated rings. The highest BCUT2D eigenvalue weighted by atomic mass is 15.0. The lowest BCUT2D eigenvalue weighted by Crippen LogP contribution is -2.01. The largest absolute Gasteiger partial charge is 0.337 e. The molecule has 0 bridgehead atoms. The van der Waals surface area contributed by atoms with Gasteiger partial charge in [-0.1, -0.05) is 6.08 Å². The SMILES string of the molecule is CC1=CCCc2c1ncn2C. The van der Waals surface area contributed by atoms with Gasteiger partial charge in [0.15, 0.2) is 0 Å². The van der Waals surface area contributed by atoms with Crippen molar-refractivity contribution in [3.63, 3.8) is 0 Å². The van der Waals surface area contributed by atoms with Crippen molar-refractivity contribution in [2.24, 2.45) is 7.05 Å². The van der Waals surface area contributed by atoms with Crippen molar-refractivity contribution in [3.8, 4) is 0 Å². The van der Waals surface area contributed by atoms with Gasteiger partial charge in [0.05, 0.1) is 12.0 Å². The first-order valence-corrected chi connectivity index (χ1v) is 3.96. The Labute approximate surface area is 66.6 Å². The molecule has 0 radical (unpaired) electrons. The summed E-state index contributed by atoms with van der Waals surface area (Å²) in [4.78, 5) is 4.33. The van der Waals surface area contributed by atoms with Gasteiger partial charge in [0.25, 0.3) is 0 Å². The van der Waals surface area contributed by atoms with E-state index in [4.69, 9.17) is 0 Å². The van der Waals surface area contributed by atoms with Crippen molar-refractivity contribution in [1.82, 2.24) is 9.55 Å². The molecule has 58 valence electrons. The van der Waals surface area contributed by atoms with Crippen molar-refractivity contribution in [1.29, 1.82) is 0 Å². The number of aryl methyl sites for hydroxylation is 1. The first kappa shape index (κ1) is 6.65. The second-order valence-electron chi connectivity index (χ2n) is 3.08. The highest BCUT2D eigenvalue weighted by molar-refractivity contribution is 5.64. The maximum atomic E-state index is 4.33. The molecule has 0 spiro atoms. The average molecular weight is 148 g/mol. The molecule has 0 saturated carbocycles. The molecule has 2 nitrogen and oxygen atoms in total. The van der Waals surface area contributed by atoms with Crippen LogP contribution in [0, 0.1) is 0 Å². The van der Waals surface area contributed by atoms with E-state index >= 15 is 0 Å². The van der Waals surface area contributed by atoms with E-state index in [-0.39, 0.29) is 0 Å². The summed E-state index contributed by atoms with van der Waals surface area (Å²) in [7, 11) is 2.06. The van der Waals surface area contributed by atoms with Gasteiger partial charge in [0, 0.05) is 12.7 Å². The Kier molecular flexibility index (Phi) is 1.34. The molecule has 11 heavy (non-hydrogen) atoms. The molecule has 0 atom stereocenters. The number of rotatable bonds is 0. The molecule has 1 aromatic rings. The zero-order valence-corrected chi connectivity index (χ0v) is 6.96. The number of nitrogens with zero attached hydrogens (tertiary/aromatic N) is 2. The summed E-state index contributed by atoms with van der Waals surface area (Å²) in [6, 6.07) is 0. The van der Waals surface area contributed by atoms with E-state index in [1.54, 1.807) is 0 Å². The van der Waals surface area contributed by atoms with Crippen molar-refractivity contribution in [2.45, 2.75) is 19.8 Å². The summed E-state index contributed by atoms with van der Waals surface area (Å²) in [6.45, 7) is 2.13. The van der Waals surface area contributed by atoms with E-state index in [9.17, 15) is 0 Å². The molecular weight excluding hydrogens is 136 g/mol. The summed E-state index contributed by atoms with van der Waals surface area (Å²) in [5, 5.41) is 0. The van der Waals surface area contributed by atoms with Crippen LogP contribution in [0.3, 0.4) is 0 Å². The third-order valence-corrected chi connectivity index (χ3v) is 2.26. The topological polar surface area (TPSA) is 17.8 Å². The van der Waals surface area contributed by atoms with Crippen LogP contribution in [-0.4, -0.2) is 9.55 Å². The van der Waals surface area contributed by atoms with Crippen LogP contribution < -0.4 is 0 Å². The van der Waals surface area contributed by atoms with Gasteiger partial charge in [-0.2, -0.15) is 0 Å². The lowest BCUT2D eigenvalue weighted by molar-refractivity contribution is 0.799. The second-order valence-corrected chi connectivity index (χ2v) is 3.08. The van der Waals surface area contributed by atoms with E-state index in [0.29, 0.717) is 0 Å². The van der Waals surface area contributed by atoms with Crippen LogP contribution in [0.25, 0.3) is 5.57 Å². The number of imidazole rings is 1. The lowest BCUT2D eigenvalue weighted by atomic mass is 10.0. The zero-order chi connectivity index (χ0) is 7.84. The maximum Gasteiger partial charge on any atom is 0.0953 e. The fraction of sp³-hybridized carbons (Fsp3) is 0.444. The van der Waals surface area contributed by atoms with Gasteiger partial charge < -0.3 is 4.57 Å². The monoisotopic (exact) mass is 148 g/mol. The quantitative estimate of drug-likeness (QED) is 0.548. The van der Waals surface area contributed by atoms with Crippen LogP contribution in [0.1, 0.15) is 24.7 Å². The number of aromatic nitrogens is 2. The smallest absolute Gasteiger partial charge is 0.0953 e. The minimum Gasteiger partial charge on any atom is -0.337 e. The lowest BCUT2D eigenvalue weighted by Gasteiger charge is -2.09. The van der Waals surface area contributed by atoms with Crippen LogP contribution in [0.2, 0.25) is 0 Å².